The molecule has 3 rings (SSSR count). The maximum Gasteiger partial charge on any atom is 0.259 e. The standard InChI is InChI=1S/C21H24N4O3/c1-5-25(12-18(26)22-13(2)3)21(27)16-11-17(15-9-7-6-8-10-15)23-20-19(16)14(4)24-28-20/h6-11,13H,5,12H2,1-4H3,(H,22,26). The van der Waals surface area contributed by atoms with Crippen molar-refractivity contribution in [2.45, 2.75) is 33.7 Å². The molecule has 0 aliphatic rings. The first-order valence-corrected chi connectivity index (χ1v) is 9.31. The molecule has 7 heteroatoms. The predicted octanol–water partition coefficient (Wildman–Crippen LogP) is 3.18. The molecule has 0 spiro atoms. The highest BCUT2D eigenvalue weighted by Gasteiger charge is 2.24. The predicted molar refractivity (Wildman–Crippen MR) is 107 cm³/mol. The highest BCUT2D eigenvalue weighted by Crippen LogP contribution is 2.27. The average molecular weight is 380 g/mol. The number of nitrogens with zero attached hydrogens (tertiary/aromatic N) is 3. The van der Waals surface area contributed by atoms with Gasteiger partial charge in [-0.2, -0.15) is 0 Å². The van der Waals surface area contributed by atoms with Crippen LogP contribution in [-0.2, 0) is 4.79 Å². The third-order valence-corrected chi connectivity index (χ3v) is 4.37. The molecular weight excluding hydrogens is 356 g/mol. The van der Waals surface area contributed by atoms with Crippen molar-refractivity contribution in [2.75, 3.05) is 13.1 Å². The van der Waals surface area contributed by atoms with Crippen molar-refractivity contribution >= 4 is 22.9 Å². The number of carbonyl (C=O) groups is 2. The fraction of sp³-hybridized carbons (Fsp3) is 0.333. The van der Waals surface area contributed by atoms with Crippen LogP contribution < -0.4 is 5.32 Å². The van der Waals surface area contributed by atoms with Crippen LogP contribution in [0.4, 0.5) is 0 Å². The number of likely N-dealkylation sites (N-methyl/N-ethyl adjacent to an activating group) is 1. The summed E-state index contributed by atoms with van der Waals surface area (Å²) in [6, 6.07) is 11.3. The minimum atomic E-state index is -0.253. The number of pyridine rings is 1. The molecule has 0 bridgehead atoms. The molecule has 2 aromatic heterocycles. The van der Waals surface area contributed by atoms with Crippen molar-refractivity contribution in [3.05, 3.63) is 47.7 Å². The van der Waals surface area contributed by atoms with E-state index in [-0.39, 0.29) is 24.4 Å². The number of rotatable bonds is 6. The molecule has 2 amide bonds. The molecule has 0 saturated carbocycles. The Bertz CT molecular complexity index is 996. The zero-order chi connectivity index (χ0) is 20.3. The summed E-state index contributed by atoms with van der Waals surface area (Å²) >= 11 is 0. The first kappa shape index (κ1) is 19.5. The van der Waals surface area contributed by atoms with Crippen molar-refractivity contribution in [1.82, 2.24) is 20.4 Å². The van der Waals surface area contributed by atoms with Gasteiger partial charge >= 0.3 is 0 Å². The fourth-order valence-corrected chi connectivity index (χ4v) is 3.06. The smallest absolute Gasteiger partial charge is 0.259 e. The first-order chi connectivity index (χ1) is 13.4. The van der Waals surface area contributed by atoms with Crippen LogP contribution in [0.2, 0.25) is 0 Å². The lowest BCUT2D eigenvalue weighted by molar-refractivity contribution is -0.122. The van der Waals surface area contributed by atoms with Gasteiger partial charge in [-0.15, -0.1) is 0 Å². The number of fused-ring (bicyclic) bond motifs is 1. The number of benzene rings is 1. The molecule has 0 radical (unpaired) electrons. The molecule has 1 N–H and O–H groups in total. The second-order valence-corrected chi connectivity index (χ2v) is 6.91. The maximum absolute atomic E-state index is 13.3. The molecule has 28 heavy (non-hydrogen) atoms. The number of hydrogen-bond acceptors (Lipinski definition) is 5. The summed E-state index contributed by atoms with van der Waals surface area (Å²) < 4.78 is 5.34. The highest BCUT2D eigenvalue weighted by molar-refractivity contribution is 6.07. The molecule has 0 aliphatic heterocycles. The summed E-state index contributed by atoms with van der Waals surface area (Å²) in [5.41, 5.74) is 2.82. The molecule has 1 aromatic carbocycles. The molecule has 0 saturated heterocycles. The third-order valence-electron chi connectivity index (χ3n) is 4.37. The van der Waals surface area contributed by atoms with Gasteiger partial charge in [0.15, 0.2) is 0 Å². The quantitative estimate of drug-likeness (QED) is 0.709. The summed E-state index contributed by atoms with van der Waals surface area (Å²) in [6.07, 6.45) is 0. The Hall–Kier alpha value is -3.22. The molecule has 0 aliphatic carbocycles. The van der Waals surface area contributed by atoms with Crippen molar-refractivity contribution in [3.8, 4) is 11.3 Å². The summed E-state index contributed by atoms with van der Waals surface area (Å²) in [5.74, 6) is -0.446. The van der Waals surface area contributed by atoms with Gasteiger partial charge in [-0.3, -0.25) is 9.59 Å². The first-order valence-electron chi connectivity index (χ1n) is 9.31. The Morgan fingerprint density at radius 2 is 1.93 bits per heavy atom. The molecule has 7 nitrogen and oxygen atoms in total. The number of aromatic nitrogens is 2. The zero-order valence-corrected chi connectivity index (χ0v) is 16.5. The van der Waals surface area contributed by atoms with Gasteiger partial charge in [0.1, 0.15) is 0 Å². The van der Waals surface area contributed by atoms with Crippen LogP contribution in [0, 0.1) is 6.92 Å². The summed E-state index contributed by atoms with van der Waals surface area (Å²) in [7, 11) is 0. The lowest BCUT2D eigenvalue weighted by Gasteiger charge is -2.21. The van der Waals surface area contributed by atoms with Crippen LogP contribution >= 0.6 is 0 Å². The SMILES string of the molecule is CCN(CC(=O)NC(C)C)C(=O)c1cc(-c2ccccc2)nc2onc(C)c12. The van der Waals surface area contributed by atoms with Gasteiger partial charge in [-0.05, 0) is 33.8 Å². The lowest BCUT2D eigenvalue weighted by Crippen LogP contribution is -2.42. The van der Waals surface area contributed by atoms with Crippen LogP contribution in [0.1, 0.15) is 36.8 Å². The third kappa shape index (κ3) is 4.03. The number of nitrogens with one attached hydrogen (secondary N) is 1. The molecular formula is C21H24N4O3. The monoisotopic (exact) mass is 380 g/mol. The molecule has 3 aromatic rings. The summed E-state index contributed by atoms with van der Waals surface area (Å²) in [6.45, 7) is 7.78. The van der Waals surface area contributed by atoms with Crippen LogP contribution in [0.5, 0.6) is 0 Å². The van der Waals surface area contributed by atoms with E-state index < -0.39 is 0 Å². The second kappa shape index (κ2) is 8.21. The van der Waals surface area contributed by atoms with E-state index in [0.29, 0.717) is 34.6 Å². The Balaban J connectivity index is 2.03. The van der Waals surface area contributed by atoms with E-state index in [0.717, 1.165) is 5.56 Å². The largest absolute Gasteiger partial charge is 0.352 e. The minimum absolute atomic E-state index is 0.0116. The lowest BCUT2D eigenvalue weighted by atomic mass is 10.0. The van der Waals surface area contributed by atoms with Gasteiger partial charge < -0.3 is 14.7 Å². The van der Waals surface area contributed by atoms with E-state index in [4.69, 9.17) is 4.52 Å². The maximum atomic E-state index is 13.3. The van der Waals surface area contributed by atoms with E-state index in [1.54, 1.807) is 13.0 Å². The van der Waals surface area contributed by atoms with Crippen molar-refractivity contribution in [3.63, 3.8) is 0 Å². The van der Waals surface area contributed by atoms with Gasteiger partial charge in [0, 0.05) is 18.2 Å². The summed E-state index contributed by atoms with van der Waals surface area (Å²) in [4.78, 5) is 31.5. The van der Waals surface area contributed by atoms with Gasteiger partial charge in [0.2, 0.25) is 5.91 Å². The van der Waals surface area contributed by atoms with Gasteiger partial charge in [0.25, 0.3) is 11.6 Å². The van der Waals surface area contributed by atoms with E-state index >= 15 is 0 Å². The van der Waals surface area contributed by atoms with Crippen LogP contribution in [0.15, 0.2) is 40.9 Å². The molecule has 146 valence electrons. The van der Waals surface area contributed by atoms with Crippen molar-refractivity contribution in [2.24, 2.45) is 0 Å². The Kier molecular flexibility index (Phi) is 5.73. The van der Waals surface area contributed by atoms with E-state index in [1.807, 2.05) is 51.1 Å². The van der Waals surface area contributed by atoms with E-state index in [2.05, 4.69) is 15.5 Å². The van der Waals surface area contributed by atoms with Crippen molar-refractivity contribution < 1.29 is 14.1 Å². The van der Waals surface area contributed by atoms with E-state index in [9.17, 15) is 9.59 Å². The fourth-order valence-electron chi connectivity index (χ4n) is 3.06. The number of carbonyl (C=O) groups excluding carboxylic acids is 2. The Morgan fingerprint density at radius 3 is 2.57 bits per heavy atom. The average Bonchev–Trinajstić information content (AvgIpc) is 3.06. The topological polar surface area (TPSA) is 88.3 Å². The molecule has 0 fully saturated rings. The second-order valence-electron chi connectivity index (χ2n) is 6.91. The van der Waals surface area contributed by atoms with Crippen LogP contribution in [-0.4, -0.2) is 46.0 Å². The molecule has 0 atom stereocenters. The zero-order valence-electron chi connectivity index (χ0n) is 16.5. The number of aryl methyl sites for hydroxylation is 1. The summed E-state index contributed by atoms with van der Waals surface area (Å²) in [5, 5.41) is 7.37. The Morgan fingerprint density at radius 1 is 1.21 bits per heavy atom. The van der Waals surface area contributed by atoms with Crippen LogP contribution in [0.25, 0.3) is 22.4 Å². The van der Waals surface area contributed by atoms with Gasteiger partial charge in [-0.1, -0.05) is 35.5 Å². The molecule has 0 unspecified atom stereocenters. The van der Waals surface area contributed by atoms with Gasteiger partial charge in [-0.25, -0.2) is 4.98 Å². The minimum Gasteiger partial charge on any atom is -0.352 e. The number of hydrogen-bond donors (Lipinski definition) is 1. The molecule has 2 heterocycles. The Labute approximate surface area is 163 Å². The van der Waals surface area contributed by atoms with Gasteiger partial charge in [0.05, 0.1) is 28.9 Å². The van der Waals surface area contributed by atoms with Crippen LogP contribution in [0.3, 0.4) is 0 Å². The number of amides is 2. The highest BCUT2D eigenvalue weighted by atomic mass is 16.5. The normalized spacial score (nSPS) is 11.0. The van der Waals surface area contributed by atoms with Crippen molar-refractivity contribution in [1.29, 1.82) is 0 Å². The van der Waals surface area contributed by atoms with E-state index in [1.165, 1.54) is 4.90 Å².